The van der Waals surface area contributed by atoms with Crippen molar-refractivity contribution in [1.82, 2.24) is 0 Å². The Morgan fingerprint density at radius 1 is 1.44 bits per heavy atom. The highest BCUT2D eigenvalue weighted by Crippen LogP contribution is 2.31. The summed E-state index contributed by atoms with van der Waals surface area (Å²) in [7, 11) is 0. The van der Waals surface area contributed by atoms with Crippen molar-refractivity contribution in [2.75, 3.05) is 13.2 Å². The van der Waals surface area contributed by atoms with E-state index in [0.717, 1.165) is 28.3 Å². The number of rotatable bonds is 5. The molecule has 16 heavy (non-hydrogen) atoms. The number of ether oxygens (including phenoxy) is 1. The normalized spacial score (nSPS) is 15.6. The van der Waals surface area contributed by atoms with Gasteiger partial charge in [-0.15, -0.1) is 0 Å². The molecule has 2 N–H and O–H groups in total. The summed E-state index contributed by atoms with van der Waals surface area (Å²) < 4.78 is 6.86. The second kappa shape index (κ2) is 5.51. The lowest BCUT2D eigenvalue weighted by Gasteiger charge is -2.09. The van der Waals surface area contributed by atoms with Gasteiger partial charge in [0.25, 0.3) is 0 Å². The number of hydrogen-bond donors (Lipinski definition) is 1. The fraction of sp³-hybridized carbons (Fsp3) is 0.385. The van der Waals surface area contributed by atoms with E-state index in [9.17, 15) is 0 Å². The lowest BCUT2D eigenvalue weighted by Crippen LogP contribution is -2.00. The van der Waals surface area contributed by atoms with Crippen molar-refractivity contribution < 1.29 is 4.74 Å². The smallest absolute Gasteiger partial charge is 0.126 e. The first-order valence-electron chi connectivity index (χ1n) is 5.58. The van der Waals surface area contributed by atoms with Gasteiger partial charge < -0.3 is 10.5 Å². The third kappa shape index (κ3) is 3.35. The van der Waals surface area contributed by atoms with Gasteiger partial charge >= 0.3 is 0 Å². The Labute approximate surface area is 105 Å². The van der Waals surface area contributed by atoms with Gasteiger partial charge in [-0.2, -0.15) is 0 Å². The maximum atomic E-state index is 5.80. The lowest BCUT2D eigenvalue weighted by atomic mass is 10.2. The van der Waals surface area contributed by atoms with Crippen molar-refractivity contribution in [1.29, 1.82) is 0 Å². The van der Waals surface area contributed by atoms with Crippen LogP contribution in [0.3, 0.4) is 0 Å². The van der Waals surface area contributed by atoms with Gasteiger partial charge in [0.05, 0.1) is 6.61 Å². The predicted octanol–water partition coefficient (Wildman–Crippen LogP) is 3.21. The second-order valence-corrected chi connectivity index (χ2v) is 4.99. The van der Waals surface area contributed by atoms with Gasteiger partial charge in [0, 0.05) is 16.6 Å². The molecule has 2 nitrogen and oxygen atoms in total. The van der Waals surface area contributed by atoms with E-state index in [2.05, 4.69) is 15.9 Å². The maximum absolute atomic E-state index is 5.80. The summed E-state index contributed by atoms with van der Waals surface area (Å²) in [6.07, 6.45) is 6.56. The summed E-state index contributed by atoms with van der Waals surface area (Å²) in [5.41, 5.74) is 6.54. The molecule has 0 aromatic heterocycles. The van der Waals surface area contributed by atoms with Gasteiger partial charge in [-0.25, -0.2) is 0 Å². The van der Waals surface area contributed by atoms with Crippen LogP contribution in [-0.2, 0) is 0 Å². The van der Waals surface area contributed by atoms with Gasteiger partial charge in [0.15, 0.2) is 0 Å². The fourth-order valence-electron chi connectivity index (χ4n) is 1.47. The standard InChI is InChI=1S/C13H16BrNO/c14-12-5-6-13(16-9-10-3-4-10)11(8-12)2-1-7-15/h1-2,5-6,8,10H,3-4,7,9,15H2/b2-1+. The maximum Gasteiger partial charge on any atom is 0.126 e. The fourth-order valence-corrected chi connectivity index (χ4v) is 1.85. The van der Waals surface area contributed by atoms with E-state index >= 15 is 0 Å². The van der Waals surface area contributed by atoms with Crippen LogP contribution in [-0.4, -0.2) is 13.2 Å². The van der Waals surface area contributed by atoms with E-state index in [1.54, 1.807) is 0 Å². The third-order valence-electron chi connectivity index (χ3n) is 2.58. The van der Waals surface area contributed by atoms with Crippen molar-refractivity contribution in [3.63, 3.8) is 0 Å². The van der Waals surface area contributed by atoms with Crippen LogP contribution in [0.4, 0.5) is 0 Å². The first kappa shape index (κ1) is 11.7. The Balaban J connectivity index is 2.09. The van der Waals surface area contributed by atoms with Crippen molar-refractivity contribution in [3.05, 3.63) is 34.3 Å². The van der Waals surface area contributed by atoms with Gasteiger partial charge in [0.1, 0.15) is 5.75 Å². The van der Waals surface area contributed by atoms with Crippen molar-refractivity contribution >= 4 is 22.0 Å². The quantitative estimate of drug-likeness (QED) is 0.900. The zero-order valence-electron chi connectivity index (χ0n) is 9.16. The number of halogens is 1. The molecule has 0 spiro atoms. The molecule has 1 aromatic rings. The van der Waals surface area contributed by atoms with E-state index in [-0.39, 0.29) is 0 Å². The molecule has 0 radical (unpaired) electrons. The van der Waals surface area contributed by atoms with Crippen LogP contribution in [0.5, 0.6) is 5.75 Å². The minimum atomic E-state index is 0.550. The topological polar surface area (TPSA) is 35.2 Å². The Kier molecular flexibility index (Phi) is 4.02. The van der Waals surface area contributed by atoms with Gasteiger partial charge in [-0.3, -0.25) is 0 Å². The number of benzene rings is 1. The molecular weight excluding hydrogens is 266 g/mol. The highest BCUT2D eigenvalue weighted by molar-refractivity contribution is 9.10. The average molecular weight is 282 g/mol. The molecule has 0 aliphatic heterocycles. The van der Waals surface area contributed by atoms with Crippen molar-refractivity contribution in [2.24, 2.45) is 11.7 Å². The first-order valence-corrected chi connectivity index (χ1v) is 6.38. The van der Waals surface area contributed by atoms with Gasteiger partial charge in [0.2, 0.25) is 0 Å². The molecule has 86 valence electrons. The molecule has 0 bridgehead atoms. The molecule has 1 saturated carbocycles. The molecule has 0 heterocycles. The zero-order valence-corrected chi connectivity index (χ0v) is 10.7. The van der Waals surface area contributed by atoms with E-state index in [1.165, 1.54) is 12.8 Å². The van der Waals surface area contributed by atoms with Crippen LogP contribution in [0.2, 0.25) is 0 Å². The molecule has 2 rings (SSSR count). The molecule has 1 aliphatic rings. The zero-order chi connectivity index (χ0) is 11.4. The molecule has 1 fully saturated rings. The summed E-state index contributed by atoms with van der Waals surface area (Å²) in [5.74, 6) is 1.72. The van der Waals surface area contributed by atoms with Crippen LogP contribution < -0.4 is 10.5 Å². The van der Waals surface area contributed by atoms with Crippen LogP contribution in [0.15, 0.2) is 28.7 Å². The van der Waals surface area contributed by atoms with Crippen molar-refractivity contribution in [3.8, 4) is 5.75 Å². The summed E-state index contributed by atoms with van der Waals surface area (Å²) in [6.45, 7) is 1.39. The minimum Gasteiger partial charge on any atom is -0.493 e. The number of nitrogens with two attached hydrogens (primary N) is 1. The highest BCUT2D eigenvalue weighted by Gasteiger charge is 2.22. The number of hydrogen-bond acceptors (Lipinski definition) is 2. The summed E-state index contributed by atoms with van der Waals surface area (Å²) in [4.78, 5) is 0. The largest absolute Gasteiger partial charge is 0.493 e. The first-order chi connectivity index (χ1) is 7.79. The van der Waals surface area contributed by atoms with Crippen LogP contribution in [0, 0.1) is 5.92 Å². The van der Waals surface area contributed by atoms with E-state index in [0.29, 0.717) is 6.54 Å². The summed E-state index contributed by atoms with van der Waals surface area (Å²) >= 11 is 3.46. The molecule has 0 unspecified atom stereocenters. The molecule has 0 amide bonds. The molecular formula is C13H16BrNO. The summed E-state index contributed by atoms with van der Waals surface area (Å²) in [6, 6.07) is 6.05. The van der Waals surface area contributed by atoms with Crippen molar-refractivity contribution in [2.45, 2.75) is 12.8 Å². The Morgan fingerprint density at radius 2 is 2.25 bits per heavy atom. The van der Waals surface area contributed by atoms with Crippen LogP contribution >= 0.6 is 15.9 Å². The Bertz CT molecular complexity index is 386. The van der Waals surface area contributed by atoms with Gasteiger partial charge in [-0.1, -0.05) is 28.1 Å². The molecule has 3 heteroatoms. The third-order valence-corrected chi connectivity index (χ3v) is 3.07. The van der Waals surface area contributed by atoms with Crippen LogP contribution in [0.1, 0.15) is 18.4 Å². The monoisotopic (exact) mass is 281 g/mol. The lowest BCUT2D eigenvalue weighted by molar-refractivity contribution is 0.299. The average Bonchev–Trinajstić information content (AvgIpc) is 3.09. The highest BCUT2D eigenvalue weighted by atomic mass is 79.9. The molecule has 1 aromatic carbocycles. The summed E-state index contributed by atoms with van der Waals surface area (Å²) in [5, 5.41) is 0. The molecule has 0 saturated heterocycles. The van der Waals surface area contributed by atoms with E-state index < -0.39 is 0 Å². The minimum absolute atomic E-state index is 0.550. The van der Waals surface area contributed by atoms with E-state index in [1.807, 2.05) is 30.4 Å². The molecule has 1 aliphatic carbocycles. The predicted molar refractivity (Wildman–Crippen MR) is 70.4 cm³/mol. The van der Waals surface area contributed by atoms with Crippen LogP contribution in [0.25, 0.3) is 6.08 Å². The Morgan fingerprint density at radius 3 is 2.94 bits per heavy atom. The molecule has 0 atom stereocenters. The SMILES string of the molecule is NC/C=C/c1cc(Br)ccc1OCC1CC1. The van der Waals surface area contributed by atoms with E-state index in [4.69, 9.17) is 10.5 Å². The second-order valence-electron chi connectivity index (χ2n) is 4.07. The Hall–Kier alpha value is -0.800. The van der Waals surface area contributed by atoms with Gasteiger partial charge in [-0.05, 0) is 37.0 Å².